The molecule has 0 atom stereocenters. The molecule has 0 spiro atoms. The van der Waals surface area contributed by atoms with E-state index >= 15 is 0 Å². The van der Waals surface area contributed by atoms with E-state index in [1.807, 2.05) is 54.7 Å². The van der Waals surface area contributed by atoms with Crippen molar-refractivity contribution in [2.24, 2.45) is 0 Å². The van der Waals surface area contributed by atoms with Crippen LogP contribution in [-0.2, 0) is 24.3 Å². The highest BCUT2D eigenvalue weighted by Gasteiger charge is 2.12. The van der Waals surface area contributed by atoms with Gasteiger partial charge >= 0.3 is 0 Å². The number of fused-ring (bicyclic) bond motifs is 1. The zero-order valence-electron chi connectivity index (χ0n) is 17.3. The van der Waals surface area contributed by atoms with Crippen molar-refractivity contribution in [3.63, 3.8) is 0 Å². The second kappa shape index (κ2) is 9.25. The number of rotatable bonds is 8. The summed E-state index contributed by atoms with van der Waals surface area (Å²) in [6.45, 7) is 2.56. The number of benzene rings is 1. The largest absolute Gasteiger partial charge is 0.365 e. The van der Waals surface area contributed by atoms with Gasteiger partial charge in [0.1, 0.15) is 6.54 Å². The van der Waals surface area contributed by atoms with Gasteiger partial charge in [0.15, 0.2) is 5.82 Å². The molecule has 1 aromatic carbocycles. The number of nitrogens with one attached hydrogen (secondary N) is 3. The summed E-state index contributed by atoms with van der Waals surface area (Å²) < 4.78 is 1.43. The Morgan fingerprint density at radius 3 is 2.84 bits per heavy atom. The van der Waals surface area contributed by atoms with E-state index in [2.05, 4.69) is 25.6 Å². The molecule has 3 heterocycles. The zero-order valence-corrected chi connectivity index (χ0v) is 17.3. The highest BCUT2D eigenvalue weighted by Crippen LogP contribution is 2.09. The van der Waals surface area contributed by atoms with E-state index in [1.165, 1.54) is 10.1 Å². The average Bonchev–Trinajstić information content (AvgIpc) is 3.25. The van der Waals surface area contributed by atoms with Crippen LogP contribution in [0.2, 0.25) is 0 Å². The average molecular weight is 423 g/mol. The molecule has 0 saturated heterocycles. The summed E-state index contributed by atoms with van der Waals surface area (Å²) in [4.78, 5) is 37.0. The maximum absolute atomic E-state index is 12.8. The zero-order chi connectivity index (χ0) is 21.6. The van der Waals surface area contributed by atoms with Crippen LogP contribution in [0.3, 0.4) is 0 Å². The Morgan fingerprint density at radius 2 is 2.00 bits per heavy atom. The van der Waals surface area contributed by atoms with Crippen LogP contribution in [0.25, 0.3) is 11.0 Å². The maximum atomic E-state index is 12.8. The van der Waals surface area contributed by atoms with Crippen LogP contribution in [0.15, 0.2) is 65.7 Å². The minimum absolute atomic E-state index is 0. The molecule has 0 radical (unpaired) electrons. The van der Waals surface area contributed by atoms with Crippen molar-refractivity contribution in [2.45, 2.75) is 26.4 Å². The Morgan fingerprint density at radius 1 is 1.16 bits per heavy atom. The molecule has 3 aromatic heterocycles. The molecule has 0 aliphatic carbocycles. The lowest BCUT2D eigenvalue weighted by Crippen LogP contribution is -2.34. The fraction of sp³-hybridized carbons (Fsp3) is 0.217. The van der Waals surface area contributed by atoms with Crippen molar-refractivity contribution in [3.05, 3.63) is 88.2 Å². The minimum Gasteiger partial charge on any atom is -0.365 e. The number of hydrogen-bond acceptors (Lipinski definition) is 5. The Labute approximate surface area is 183 Å². The number of hydrogen-bond donors (Lipinski definition) is 3. The molecule has 0 fully saturated rings. The Hall–Kier alpha value is -3.94. The number of amides is 1. The van der Waals surface area contributed by atoms with E-state index in [0.29, 0.717) is 18.8 Å². The topological polar surface area (TPSA) is 105 Å². The number of H-pyrrole nitrogens is 1. The summed E-state index contributed by atoms with van der Waals surface area (Å²) in [7, 11) is 0. The highest BCUT2D eigenvalue weighted by atomic mass is 16.2. The lowest BCUT2D eigenvalue weighted by atomic mass is 10.1. The molecule has 0 saturated carbocycles. The minimum atomic E-state index is -0.310. The summed E-state index contributed by atoms with van der Waals surface area (Å²) in [5, 5.41) is 5.92. The number of carbonyl (C=O) groups excluding carboxylic acids is 1. The first-order valence-corrected chi connectivity index (χ1v) is 10.1. The molecule has 0 aliphatic rings. The van der Waals surface area contributed by atoms with Gasteiger partial charge in [0.2, 0.25) is 5.91 Å². The Kier molecular flexibility index (Phi) is 6.07. The number of aryl methyl sites for hydroxylation is 1. The third kappa shape index (κ3) is 4.98. The van der Waals surface area contributed by atoms with E-state index in [0.717, 1.165) is 23.1 Å². The number of pyridine rings is 1. The molecular weight excluding hydrogens is 392 g/mol. The molecule has 1 amide bonds. The van der Waals surface area contributed by atoms with Gasteiger partial charge in [0.05, 0.1) is 23.3 Å². The SMILES string of the molecule is Cc1cnc(NCCc2ccccc2)c(=O)n1CC(=O)NCc1ccc2[nH]ccc2n1.[HH].[HH].[HH]. The second-order valence-corrected chi connectivity index (χ2v) is 7.29. The van der Waals surface area contributed by atoms with Crippen LogP contribution >= 0.6 is 0 Å². The van der Waals surface area contributed by atoms with Crippen LogP contribution in [0.4, 0.5) is 5.82 Å². The summed E-state index contributed by atoms with van der Waals surface area (Å²) in [6, 6.07) is 15.7. The smallest absolute Gasteiger partial charge is 0.293 e. The van der Waals surface area contributed by atoms with Crippen LogP contribution in [0.5, 0.6) is 0 Å². The third-order valence-electron chi connectivity index (χ3n) is 5.03. The van der Waals surface area contributed by atoms with Crippen molar-refractivity contribution in [2.75, 3.05) is 11.9 Å². The molecule has 0 unspecified atom stereocenters. The Bertz CT molecular complexity index is 1260. The quantitative estimate of drug-likeness (QED) is 0.405. The van der Waals surface area contributed by atoms with Gasteiger partial charge in [-0.1, -0.05) is 30.3 Å². The monoisotopic (exact) mass is 422 g/mol. The molecular formula is C23H30N6O2. The van der Waals surface area contributed by atoms with E-state index in [1.54, 1.807) is 13.1 Å². The summed E-state index contributed by atoms with van der Waals surface area (Å²) >= 11 is 0. The fourth-order valence-corrected chi connectivity index (χ4v) is 3.32. The van der Waals surface area contributed by atoms with Crippen molar-refractivity contribution in [1.29, 1.82) is 0 Å². The lowest BCUT2D eigenvalue weighted by molar-refractivity contribution is -0.121. The van der Waals surface area contributed by atoms with Gasteiger partial charge in [0.25, 0.3) is 5.56 Å². The first-order chi connectivity index (χ1) is 15.1. The summed E-state index contributed by atoms with van der Waals surface area (Å²) in [5.41, 5.74) is 4.03. The van der Waals surface area contributed by atoms with Crippen LogP contribution < -0.4 is 16.2 Å². The molecule has 4 aromatic rings. The normalized spacial score (nSPS) is 10.9. The molecule has 4 rings (SSSR count). The first kappa shape index (κ1) is 20.3. The van der Waals surface area contributed by atoms with Gasteiger partial charge in [-0.3, -0.25) is 14.2 Å². The number of nitrogens with zero attached hydrogens (tertiary/aromatic N) is 3. The van der Waals surface area contributed by atoms with Gasteiger partial charge in [-0.05, 0) is 37.1 Å². The first-order valence-electron chi connectivity index (χ1n) is 10.1. The van der Waals surface area contributed by atoms with Gasteiger partial charge in [-0.25, -0.2) is 9.97 Å². The number of aromatic amines is 1. The van der Waals surface area contributed by atoms with E-state index in [-0.39, 0.29) is 28.1 Å². The van der Waals surface area contributed by atoms with E-state index in [9.17, 15) is 9.59 Å². The molecule has 164 valence electrons. The molecule has 0 bridgehead atoms. The van der Waals surface area contributed by atoms with Crippen molar-refractivity contribution in [3.8, 4) is 0 Å². The van der Waals surface area contributed by atoms with E-state index < -0.39 is 0 Å². The second-order valence-electron chi connectivity index (χ2n) is 7.29. The summed E-state index contributed by atoms with van der Waals surface area (Å²) in [5.74, 6) is -0.0171. The molecule has 8 heteroatoms. The van der Waals surface area contributed by atoms with Crippen molar-refractivity contribution in [1.82, 2.24) is 24.8 Å². The number of anilines is 1. The molecule has 8 nitrogen and oxygen atoms in total. The maximum Gasteiger partial charge on any atom is 0.293 e. The van der Waals surface area contributed by atoms with Crippen molar-refractivity contribution < 1.29 is 9.07 Å². The van der Waals surface area contributed by atoms with Crippen LogP contribution in [-0.4, -0.2) is 32.0 Å². The van der Waals surface area contributed by atoms with Gasteiger partial charge in [0, 0.05) is 28.9 Å². The molecule has 3 N–H and O–H groups in total. The van der Waals surface area contributed by atoms with Gasteiger partial charge in [-0.2, -0.15) is 0 Å². The van der Waals surface area contributed by atoms with Crippen LogP contribution in [0.1, 0.15) is 21.2 Å². The number of carbonyl (C=O) groups is 1. The van der Waals surface area contributed by atoms with Gasteiger partial charge < -0.3 is 15.6 Å². The predicted octanol–water partition coefficient (Wildman–Crippen LogP) is 3.14. The third-order valence-corrected chi connectivity index (χ3v) is 5.03. The Balaban J connectivity index is 0.00000193. The number of aromatic nitrogens is 4. The van der Waals surface area contributed by atoms with Crippen LogP contribution in [0, 0.1) is 6.92 Å². The fourth-order valence-electron chi connectivity index (χ4n) is 3.32. The van der Waals surface area contributed by atoms with E-state index in [4.69, 9.17) is 0 Å². The van der Waals surface area contributed by atoms with Crippen molar-refractivity contribution >= 4 is 22.8 Å². The lowest BCUT2D eigenvalue weighted by Gasteiger charge is -2.12. The van der Waals surface area contributed by atoms with Gasteiger partial charge in [-0.15, -0.1) is 0 Å². The molecule has 0 aliphatic heterocycles. The molecule has 31 heavy (non-hydrogen) atoms. The highest BCUT2D eigenvalue weighted by molar-refractivity contribution is 5.76. The standard InChI is InChI=1S/C23H24N6O2.3H2/c1-16-13-27-22(25-11-9-17-5-3-2-4-6-17)23(31)29(16)15-21(30)26-14-18-7-8-19-20(28-18)10-12-24-19;;;/h2-8,10,12-13,24H,9,11,14-15H2,1H3,(H,25,27)(H,26,30);3*1H. The summed E-state index contributed by atoms with van der Waals surface area (Å²) in [6.07, 6.45) is 4.19. The predicted molar refractivity (Wildman–Crippen MR) is 126 cm³/mol.